The highest BCUT2D eigenvalue weighted by molar-refractivity contribution is 7.90. The number of carbonyl (C=O) groups excluding carboxylic acids is 3. The van der Waals surface area contributed by atoms with Crippen LogP contribution in [0, 0.1) is 11.3 Å². The molecule has 2 aromatic carbocycles. The SMILES string of the molecule is CN[C@H](C(=O)N[C@H](C(=O)N(C)[C@H](/C=C(\C)C(=O)NS(=O)(=O)c1ccccc1)C(C)C)C(C)(C)C)C(C)(C)c1ccccc1. The fourth-order valence-corrected chi connectivity index (χ4v) is 6.06. The quantitative estimate of drug-likeness (QED) is 0.311. The van der Waals surface area contributed by atoms with E-state index in [1.54, 1.807) is 38.4 Å². The number of nitrogens with one attached hydrogen (secondary N) is 3. The van der Waals surface area contributed by atoms with Crippen LogP contribution in [-0.4, -0.2) is 63.3 Å². The number of nitrogens with zero attached hydrogens (tertiary/aromatic N) is 1. The molecule has 0 unspecified atom stereocenters. The predicted octanol–water partition coefficient (Wildman–Crippen LogP) is 4.02. The van der Waals surface area contributed by atoms with E-state index in [1.807, 2.05) is 78.8 Å². The molecule has 2 rings (SSSR count). The molecule has 2 aromatic rings. The van der Waals surface area contributed by atoms with Crippen LogP contribution in [0.25, 0.3) is 0 Å². The summed E-state index contributed by atoms with van der Waals surface area (Å²) >= 11 is 0. The van der Waals surface area contributed by atoms with Gasteiger partial charge in [-0.25, -0.2) is 13.1 Å². The zero-order chi connectivity index (χ0) is 32.8. The molecule has 3 atom stereocenters. The molecule has 0 fully saturated rings. The Bertz CT molecular complexity index is 1400. The maximum atomic E-state index is 14.0. The molecule has 9 nitrogen and oxygen atoms in total. The number of likely N-dealkylation sites (N-methyl/N-ethyl adjacent to an activating group) is 2. The molecule has 0 radical (unpaired) electrons. The summed E-state index contributed by atoms with van der Waals surface area (Å²) in [4.78, 5) is 42.2. The summed E-state index contributed by atoms with van der Waals surface area (Å²) < 4.78 is 27.5. The molecule has 0 saturated carbocycles. The lowest BCUT2D eigenvalue weighted by Crippen LogP contribution is -2.61. The topological polar surface area (TPSA) is 125 Å². The summed E-state index contributed by atoms with van der Waals surface area (Å²) in [5, 5.41) is 6.15. The smallest absolute Gasteiger partial charge is 0.264 e. The van der Waals surface area contributed by atoms with Crippen molar-refractivity contribution in [3.8, 4) is 0 Å². The average Bonchev–Trinajstić information content (AvgIpc) is 2.93. The molecule has 3 N–H and O–H groups in total. The molecule has 0 saturated heterocycles. The normalized spacial score (nSPS) is 14.9. The summed E-state index contributed by atoms with van der Waals surface area (Å²) in [5.41, 5.74) is -0.0922. The highest BCUT2D eigenvalue weighted by atomic mass is 32.2. The van der Waals surface area contributed by atoms with Gasteiger partial charge in [0, 0.05) is 18.0 Å². The Labute approximate surface area is 257 Å². The summed E-state index contributed by atoms with van der Waals surface area (Å²) in [7, 11) is -0.709. The van der Waals surface area contributed by atoms with Crippen molar-refractivity contribution in [2.24, 2.45) is 11.3 Å². The fourth-order valence-electron chi connectivity index (χ4n) is 5.02. The zero-order valence-corrected chi connectivity index (χ0v) is 27.9. The first-order valence-electron chi connectivity index (χ1n) is 14.4. The van der Waals surface area contributed by atoms with E-state index in [9.17, 15) is 22.8 Å². The molecule has 0 aliphatic carbocycles. The van der Waals surface area contributed by atoms with Crippen molar-refractivity contribution in [2.75, 3.05) is 14.1 Å². The van der Waals surface area contributed by atoms with Crippen LogP contribution in [-0.2, 0) is 29.8 Å². The van der Waals surface area contributed by atoms with Gasteiger partial charge in [-0.2, -0.15) is 0 Å². The highest BCUT2D eigenvalue weighted by Gasteiger charge is 2.41. The number of amides is 3. The minimum atomic E-state index is -4.06. The van der Waals surface area contributed by atoms with E-state index in [4.69, 9.17) is 0 Å². The first-order chi connectivity index (χ1) is 19.8. The Morgan fingerprint density at radius 3 is 1.84 bits per heavy atom. The van der Waals surface area contributed by atoms with Crippen LogP contribution >= 0.6 is 0 Å². The van der Waals surface area contributed by atoms with Crippen molar-refractivity contribution >= 4 is 27.7 Å². The van der Waals surface area contributed by atoms with Gasteiger partial charge in [0.1, 0.15) is 6.04 Å². The van der Waals surface area contributed by atoms with Crippen LogP contribution in [0.15, 0.2) is 77.2 Å². The van der Waals surface area contributed by atoms with Crippen LogP contribution < -0.4 is 15.4 Å². The van der Waals surface area contributed by atoms with Gasteiger partial charge in [-0.3, -0.25) is 14.4 Å². The number of rotatable bonds is 12. The summed E-state index contributed by atoms with van der Waals surface area (Å²) in [6.07, 6.45) is 1.59. The first-order valence-corrected chi connectivity index (χ1v) is 15.9. The van der Waals surface area contributed by atoms with Gasteiger partial charge < -0.3 is 15.5 Å². The van der Waals surface area contributed by atoms with E-state index in [0.717, 1.165) is 5.56 Å². The Morgan fingerprint density at radius 2 is 1.37 bits per heavy atom. The lowest BCUT2D eigenvalue weighted by molar-refractivity contribution is -0.140. The molecule has 3 amide bonds. The largest absolute Gasteiger partial charge is 0.342 e. The van der Waals surface area contributed by atoms with Crippen molar-refractivity contribution in [1.82, 2.24) is 20.3 Å². The van der Waals surface area contributed by atoms with Gasteiger partial charge in [0.25, 0.3) is 15.9 Å². The molecular formula is C33H48N4O5S. The summed E-state index contributed by atoms with van der Waals surface area (Å²) in [5.74, 6) is -1.54. The van der Waals surface area contributed by atoms with Crippen molar-refractivity contribution in [3.63, 3.8) is 0 Å². The highest BCUT2D eigenvalue weighted by Crippen LogP contribution is 2.29. The minimum Gasteiger partial charge on any atom is -0.342 e. The zero-order valence-electron chi connectivity index (χ0n) is 27.1. The predicted molar refractivity (Wildman–Crippen MR) is 171 cm³/mol. The standard InChI is InChI=1S/C33H48N4O5S/c1-22(2)26(21-23(3)29(38)36-43(41,42)25-19-15-12-16-20-25)37(10)31(40)28(32(4,5)6)35-30(39)27(34-9)33(7,8)24-17-13-11-14-18-24/h11-22,26-28,34H,1-10H3,(H,35,39)(H,36,38)/b23-21+/t26-,27-,28-/m1/s1. The third-order valence-electron chi connectivity index (χ3n) is 7.73. The maximum Gasteiger partial charge on any atom is 0.264 e. The van der Waals surface area contributed by atoms with Gasteiger partial charge in [-0.15, -0.1) is 0 Å². The summed E-state index contributed by atoms with van der Waals surface area (Å²) in [6, 6.07) is 15.3. The second-order valence-corrected chi connectivity index (χ2v) is 14.6. The molecule has 10 heteroatoms. The van der Waals surface area contributed by atoms with Crippen LogP contribution in [0.5, 0.6) is 0 Å². The second kappa shape index (κ2) is 14.3. The van der Waals surface area contributed by atoms with Crippen LogP contribution in [0.3, 0.4) is 0 Å². The summed E-state index contributed by atoms with van der Waals surface area (Å²) in [6.45, 7) is 14.9. The van der Waals surface area contributed by atoms with E-state index in [2.05, 4.69) is 15.4 Å². The van der Waals surface area contributed by atoms with E-state index in [1.165, 1.54) is 24.0 Å². The molecule has 0 heterocycles. The van der Waals surface area contributed by atoms with Crippen molar-refractivity contribution in [1.29, 1.82) is 0 Å². The van der Waals surface area contributed by atoms with Crippen LogP contribution in [0.4, 0.5) is 0 Å². The first kappa shape index (κ1) is 35.7. The molecule has 0 spiro atoms. The van der Waals surface area contributed by atoms with Gasteiger partial charge >= 0.3 is 0 Å². The van der Waals surface area contributed by atoms with Crippen molar-refractivity contribution in [3.05, 3.63) is 77.9 Å². The minimum absolute atomic E-state index is 0.0251. The van der Waals surface area contributed by atoms with E-state index in [-0.39, 0.29) is 28.2 Å². The number of hydrogen-bond donors (Lipinski definition) is 3. The maximum absolute atomic E-state index is 14.0. The van der Waals surface area contributed by atoms with Crippen molar-refractivity contribution in [2.45, 2.75) is 83.8 Å². The van der Waals surface area contributed by atoms with Crippen LogP contribution in [0.2, 0.25) is 0 Å². The number of benzene rings is 2. The molecule has 236 valence electrons. The number of sulfonamides is 1. The lowest BCUT2D eigenvalue weighted by Gasteiger charge is -2.40. The molecule has 43 heavy (non-hydrogen) atoms. The number of hydrogen-bond acceptors (Lipinski definition) is 6. The van der Waals surface area contributed by atoms with Gasteiger partial charge in [0.15, 0.2) is 0 Å². The second-order valence-electron chi connectivity index (χ2n) is 12.9. The van der Waals surface area contributed by atoms with Gasteiger partial charge in [0.2, 0.25) is 11.8 Å². The molecule has 0 aliphatic heterocycles. The Morgan fingerprint density at radius 1 is 0.860 bits per heavy atom. The van der Waals surface area contributed by atoms with Gasteiger partial charge in [-0.05, 0) is 43.0 Å². The van der Waals surface area contributed by atoms with Gasteiger partial charge in [-0.1, -0.05) is 103 Å². The molecule has 0 bridgehead atoms. The monoisotopic (exact) mass is 612 g/mol. The third kappa shape index (κ3) is 9.00. The molecule has 0 aromatic heterocycles. The number of carbonyl (C=O) groups is 3. The Hall–Kier alpha value is -3.50. The Balaban J connectivity index is 2.33. The van der Waals surface area contributed by atoms with Gasteiger partial charge in [0.05, 0.1) is 17.0 Å². The molecular weight excluding hydrogens is 564 g/mol. The van der Waals surface area contributed by atoms with E-state index < -0.39 is 44.9 Å². The average molecular weight is 613 g/mol. The third-order valence-corrected chi connectivity index (χ3v) is 9.07. The molecule has 0 aliphatic rings. The van der Waals surface area contributed by atoms with Crippen molar-refractivity contribution < 1.29 is 22.8 Å². The fraction of sp³-hybridized carbons (Fsp3) is 0.485. The Kier molecular flexibility index (Phi) is 11.9. The van der Waals surface area contributed by atoms with E-state index >= 15 is 0 Å². The lowest BCUT2D eigenvalue weighted by atomic mass is 9.76. The van der Waals surface area contributed by atoms with E-state index in [0.29, 0.717) is 0 Å². The van der Waals surface area contributed by atoms with Crippen LogP contribution in [0.1, 0.15) is 61.0 Å².